The Bertz CT molecular complexity index is 927. The van der Waals surface area contributed by atoms with Crippen LogP contribution in [-0.2, 0) is 22.6 Å². The summed E-state index contributed by atoms with van der Waals surface area (Å²) in [6.45, 7) is 7.28. The average molecular weight is 446 g/mol. The van der Waals surface area contributed by atoms with Crippen LogP contribution < -0.4 is 10.6 Å². The Labute approximate surface area is 186 Å². The first-order chi connectivity index (χ1) is 15.3. The van der Waals surface area contributed by atoms with Gasteiger partial charge in [0.2, 0.25) is 5.91 Å². The van der Waals surface area contributed by atoms with Gasteiger partial charge in [0.15, 0.2) is 0 Å². The quantitative estimate of drug-likeness (QED) is 0.656. The van der Waals surface area contributed by atoms with Crippen molar-refractivity contribution in [1.29, 1.82) is 0 Å². The normalized spacial score (nSPS) is 18.9. The Morgan fingerprint density at radius 3 is 2.31 bits per heavy atom. The molecule has 1 saturated heterocycles. The minimum absolute atomic E-state index is 0.0524. The Kier molecular flexibility index (Phi) is 8.30. The largest absolute Gasteiger partial charge is 0.373 e. The SMILES string of the molecule is CC1CN(Cc2ccc(CNC(=O)CCNC(=O)c3ccc(F)cc3F)cc2)CC(C)O1. The van der Waals surface area contributed by atoms with Gasteiger partial charge in [-0.05, 0) is 37.1 Å². The molecule has 0 radical (unpaired) electrons. The number of amides is 2. The molecule has 0 bridgehead atoms. The number of rotatable bonds is 8. The maximum atomic E-state index is 13.6. The molecule has 1 fully saturated rings. The van der Waals surface area contributed by atoms with Gasteiger partial charge in [-0.1, -0.05) is 24.3 Å². The van der Waals surface area contributed by atoms with Gasteiger partial charge in [-0.3, -0.25) is 14.5 Å². The van der Waals surface area contributed by atoms with Crippen LogP contribution in [0.1, 0.15) is 41.8 Å². The minimum atomic E-state index is -0.937. The van der Waals surface area contributed by atoms with Crippen molar-refractivity contribution in [1.82, 2.24) is 15.5 Å². The number of ether oxygens (including phenoxy) is 1. The molecular weight excluding hydrogens is 416 g/mol. The fourth-order valence-corrected chi connectivity index (χ4v) is 3.78. The highest BCUT2D eigenvalue weighted by Crippen LogP contribution is 2.15. The maximum absolute atomic E-state index is 13.6. The predicted octanol–water partition coefficient (Wildman–Crippen LogP) is 3.01. The van der Waals surface area contributed by atoms with Gasteiger partial charge in [0.25, 0.3) is 5.91 Å². The van der Waals surface area contributed by atoms with Gasteiger partial charge in [0.1, 0.15) is 11.6 Å². The second-order valence-corrected chi connectivity index (χ2v) is 8.17. The van der Waals surface area contributed by atoms with Gasteiger partial charge in [-0.2, -0.15) is 0 Å². The van der Waals surface area contributed by atoms with E-state index in [2.05, 4.69) is 41.5 Å². The molecule has 2 N–H and O–H groups in total. The number of hydrogen-bond donors (Lipinski definition) is 2. The first-order valence-corrected chi connectivity index (χ1v) is 10.8. The smallest absolute Gasteiger partial charge is 0.254 e. The molecule has 1 aliphatic rings. The van der Waals surface area contributed by atoms with E-state index in [1.54, 1.807) is 0 Å². The topological polar surface area (TPSA) is 70.7 Å². The van der Waals surface area contributed by atoms with Crippen molar-refractivity contribution in [2.24, 2.45) is 0 Å². The number of halogens is 2. The summed E-state index contributed by atoms with van der Waals surface area (Å²) in [5, 5.41) is 5.27. The zero-order valence-electron chi connectivity index (χ0n) is 18.4. The van der Waals surface area contributed by atoms with Crippen LogP contribution in [0.3, 0.4) is 0 Å². The zero-order chi connectivity index (χ0) is 23.1. The van der Waals surface area contributed by atoms with E-state index < -0.39 is 17.5 Å². The van der Waals surface area contributed by atoms with Crippen LogP contribution in [0.25, 0.3) is 0 Å². The fourth-order valence-electron chi connectivity index (χ4n) is 3.78. The maximum Gasteiger partial charge on any atom is 0.254 e. The predicted molar refractivity (Wildman–Crippen MR) is 117 cm³/mol. The first-order valence-electron chi connectivity index (χ1n) is 10.8. The van der Waals surface area contributed by atoms with Crippen LogP contribution in [0.15, 0.2) is 42.5 Å². The molecule has 0 spiro atoms. The monoisotopic (exact) mass is 445 g/mol. The average Bonchev–Trinajstić information content (AvgIpc) is 2.72. The van der Waals surface area contributed by atoms with Crippen LogP contribution in [0, 0.1) is 11.6 Å². The first kappa shape index (κ1) is 23.8. The van der Waals surface area contributed by atoms with E-state index in [0.717, 1.165) is 37.3 Å². The molecule has 8 heteroatoms. The van der Waals surface area contributed by atoms with E-state index in [0.29, 0.717) is 12.6 Å². The van der Waals surface area contributed by atoms with Crippen LogP contribution >= 0.6 is 0 Å². The van der Waals surface area contributed by atoms with Gasteiger partial charge in [-0.25, -0.2) is 8.78 Å². The van der Waals surface area contributed by atoms with Crippen LogP contribution in [-0.4, -0.2) is 48.6 Å². The van der Waals surface area contributed by atoms with E-state index in [-0.39, 0.29) is 36.6 Å². The van der Waals surface area contributed by atoms with E-state index in [1.165, 1.54) is 5.56 Å². The number of nitrogens with zero attached hydrogens (tertiary/aromatic N) is 1. The fraction of sp³-hybridized carbons (Fsp3) is 0.417. The molecule has 2 unspecified atom stereocenters. The van der Waals surface area contributed by atoms with E-state index in [4.69, 9.17) is 4.74 Å². The molecule has 1 heterocycles. The van der Waals surface area contributed by atoms with Crippen molar-refractivity contribution in [2.45, 2.75) is 45.6 Å². The zero-order valence-corrected chi connectivity index (χ0v) is 18.4. The molecular formula is C24H29F2N3O3. The lowest BCUT2D eigenvalue weighted by molar-refractivity contribution is -0.121. The number of nitrogens with one attached hydrogen (secondary N) is 2. The second-order valence-electron chi connectivity index (χ2n) is 8.17. The summed E-state index contributed by atoms with van der Waals surface area (Å²) in [6.07, 6.45) is 0.514. The summed E-state index contributed by atoms with van der Waals surface area (Å²) in [5.74, 6) is -2.61. The van der Waals surface area contributed by atoms with Gasteiger partial charge < -0.3 is 15.4 Å². The number of carbonyl (C=O) groups excluding carboxylic acids is 2. The highest BCUT2D eigenvalue weighted by atomic mass is 19.1. The molecule has 1 aliphatic heterocycles. The summed E-state index contributed by atoms with van der Waals surface area (Å²) < 4.78 is 32.3. The molecule has 2 aromatic carbocycles. The number of carbonyl (C=O) groups is 2. The molecule has 172 valence electrons. The standard InChI is InChI=1S/C24H29F2N3O3/c1-16-13-29(14-17(2)32-16)15-19-5-3-18(4-6-19)12-28-23(30)9-10-27-24(31)21-8-7-20(25)11-22(21)26/h3-8,11,16-17H,9-10,12-15H2,1-2H3,(H,27,31)(H,28,30). The molecule has 2 aromatic rings. The molecule has 2 amide bonds. The van der Waals surface area contributed by atoms with Crippen molar-refractivity contribution in [2.75, 3.05) is 19.6 Å². The lowest BCUT2D eigenvalue weighted by Gasteiger charge is -2.35. The summed E-state index contributed by atoms with van der Waals surface area (Å²) in [6, 6.07) is 10.8. The summed E-state index contributed by atoms with van der Waals surface area (Å²) in [4.78, 5) is 26.3. The highest BCUT2D eigenvalue weighted by molar-refractivity contribution is 5.94. The van der Waals surface area contributed by atoms with Crippen LogP contribution in [0.2, 0.25) is 0 Å². The van der Waals surface area contributed by atoms with Crippen molar-refractivity contribution >= 4 is 11.8 Å². The van der Waals surface area contributed by atoms with Gasteiger partial charge in [0.05, 0.1) is 17.8 Å². The highest BCUT2D eigenvalue weighted by Gasteiger charge is 2.22. The third kappa shape index (κ3) is 7.10. The molecule has 2 atom stereocenters. The van der Waals surface area contributed by atoms with Crippen molar-refractivity contribution < 1.29 is 23.1 Å². The third-order valence-corrected chi connectivity index (χ3v) is 5.23. The molecule has 0 aliphatic carbocycles. The minimum Gasteiger partial charge on any atom is -0.373 e. The molecule has 0 saturated carbocycles. The summed E-state index contributed by atoms with van der Waals surface area (Å²) >= 11 is 0. The van der Waals surface area contributed by atoms with Crippen LogP contribution in [0.5, 0.6) is 0 Å². The van der Waals surface area contributed by atoms with E-state index >= 15 is 0 Å². The molecule has 3 rings (SSSR count). The van der Waals surface area contributed by atoms with Crippen LogP contribution in [0.4, 0.5) is 8.78 Å². The Hall–Kier alpha value is -2.84. The number of morpholine rings is 1. The summed E-state index contributed by atoms with van der Waals surface area (Å²) in [5.41, 5.74) is 1.92. The molecule has 0 aromatic heterocycles. The number of benzene rings is 2. The van der Waals surface area contributed by atoms with Gasteiger partial charge in [0, 0.05) is 45.2 Å². The Morgan fingerprint density at radius 2 is 1.66 bits per heavy atom. The lowest BCUT2D eigenvalue weighted by atomic mass is 10.1. The van der Waals surface area contributed by atoms with E-state index in [1.807, 2.05) is 12.1 Å². The summed E-state index contributed by atoms with van der Waals surface area (Å²) in [7, 11) is 0. The Balaban J connectivity index is 1.37. The number of hydrogen-bond acceptors (Lipinski definition) is 4. The third-order valence-electron chi connectivity index (χ3n) is 5.23. The Morgan fingerprint density at radius 1 is 1.00 bits per heavy atom. The lowest BCUT2D eigenvalue weighted by Crippen LogP contribution is -2.44. The van der Waals surface area contributed by atoms with Crippen molar-refractivity contribution in [3.05, 3.63) is 70.8 Å². The van der Waals surface area contributed by atoms with Crippen molar-refractivity contribution in [3.8, 4) is 0 Å². The van der Waals surface area contributed by atoms with Crippen molar-refractivity contribution in [3.63, 3.8) is 0 Å². The second kappa shape index (κ2) is 11.2. The van der Waals surface area contributed by atoms with Gasteiger partial charge in [-0.15, -0.1) is 0 Å². The van der Waals surface area contributed by atoms with Gasteiger partial charge >= 0.3 is 0 Å². The molecule has 6 nitrogen and oxygen atoms in total. The van der Waals surface area contributed by atoms with E-state index in [9.17, 15) is 18.4 Å². The molecule has 32 heavy (non-hydrogen) atoms.